The summed E-state index contributed by atoms with van der Waals surface area (Å²) in [5, 5.41) is 3.00. The van der Waals surface area contributed by atoms with Crippen LogP contribution in [0.1, 0.15) is 33.6 Å². The maximum Gasteiger partial charge on any atom is 0.238 e. The lowest BCUT2D eigenvalue weighted by atomic mass is 10.2. The lowest BCUT2D eigenvalue weighted by molar-refractivity contribution is -0.117. The average molecular weight is 394 g/mol. The van der Waals surface area contributed by atoms with Crippen LogP contribution < -0.4 is 19.7 Å². The number of nitrogens with one attached hydrogen (secondary N) is 1. The predicted molar refractivity (Wildman–Crippen MR) is 113 cm³/mol. The van der Waals surface area contributed by atoms with Gasteiger partial charge in [0.2, 0.25) is 5.91 Å². The lowest BCUT2D eigenvalue weighted by Crippen LogP contribution is -2.36. The lowest BCUT2D eigenvalue weighted by Gasteiger charge is -2.31. The van der Waals surface area contributed by atoms with Crippen molar-refractivity contribution in [3.8, 4) is 11.5 Å². The molecule has 1 aromatic carbocycles. The third-order valence-electron chi connectivity index (χ3n) is 4.59. The zero-order chi connectivity index (χ0) is 20.4. The van der Waals surface area contributed by atoms with E-state index in [2.05, 4.69) is 17.1 Å². The van der Waals surface area contributed by atoms with Crippen LogP contribution in [-0.2, 0) is 9.53 Å². The van der Waals surface area contributed by atoms with E-state index in [0.29, 0.717) is 44.4 Å². The van der Waals surface area contributed by atoms with E-state index >= 15 is 0 Å². The Morgan fingerprint density at radius 2 is 1.82 bits per heavy atom. The molecule has 1 amide bonds. The number of rotatable bonds is 11. The van der Waals surface area contributed by atoms with E-state index in [0.717, 1.165) is 43.9 Å². The number of hydrogen-bond acceptors (Lipinski definition) is 6. The molecule has 1 aliphatic heterocycles. The van der Waals surface area contributed by atoms with E-state index in [1.54, 1.807) is 0 Å². The number of amides is 1. The Bertz CT molecular complexity index is 618. The Hall–Kier alpha value is -1.99. The van der Waals surface area contributed by atoms with Gasteiger partial charge in [-0.05, 0) is 33.9 Å². The average Bonchev–Trinajstić information content (AvgIpc) is 2.69. The second-order valence-electron chi connectivity index (χ2n) is 6.92. The van der Waals surface area contributed by atoms with Crippen LogP contribution in [-0.4, -0.2) is 70.5 Å². The summed E-state index contributed by atoms with van der Waals surface area (Å²) in [6.45, 7) is 11.4. The van der Waals surface area contributed by atoms with E-state index < -0.39 is 0 Å². The minimum atomic E-state index is -0.0545. The quantitative estimate of drug-likeness (QED) is 0.624. The second-order valence-corrected chi connectivity index (χ2v) is 6.92. The first-order chi connectivity index (χ1) is 13.6. The van der Waals surface area contributed by atoms with Crippen LogP contribution in [0, 0.1) is 0 Å². The van der Waals surface area contributed by atoms with Gasteiger partial charge in [0, 0.05) is 25.2 Å². The number of carbonyl (C=O) groups is 1. The summed E-state index contributed by atoms with van der Waals surface area (Å²) >= 11 is 0. The predicted octanol–water partition coefficient (Wildman–Crippen LogP) is 2.99. The molecule has 2 rings (SSSR count). The van der Waals surface area contributed by atoms with Gasteiger partial charge in [0.25, 0.3) is 0 Å². The van der Waals surface area contributed by atoms with Crippen molar-refractivity contribution in [2.45, 2.75) is 33.6 Å². The van der Waals surface area contributed by atoms with Crippen molar-refractivity contribution in [2.24, 2.45) is 0 Å². The molecule has 1 aliphatic rings. The normalized spacial score (nSPS) is 14.2. The summed E-state index contributed by atoms with van der Waals surface area (Å²) in [5.74, 6) is 1.36. The summed E-state index contributed by atoms with van der Waals surface area (Å²) in [4.78, 5) is 16.8. The number of nitrogens with zero attached hydrogens (tertiary/aromatic N) is 2. The zero-order valence-electron chi connectivity index (χ0n) is 17.8. The van der Waals surface area contributed by atoms with E-state index in [-0.39, 0.29) is 5.91 Å². The van der Waals surface area contributed by atoms with Crippen LogP contribution in [0.3, 0.4) is 0 Å². The first-order valence-electron chi connectivity index (χ1n) is 10.3. The maximum absolute atomic E-state index is 12.5. The van der Waals surface area contributed by atoms with Gasteiger partial charge >= 0.3 is 0 Å². The first kappa shape index (κ1) is 22.3. The molecule has 0 radical (unpaired) electrons. The Morgan fingerprint density at radius 1 is 1.14 bits per heavy atom. The fourth-order valence-electron chi connectivity index (χ4n) is 3.19. The molecule has 0 aromatic heterocycles. The number of likely N-dealkylation sites (N-methyl/N-ethyl adjacent to an activating group) is 1. The third kappa shape index (κ3) is 6.56. The van der Waals surface area contributed by atoms with Crippen molar-refractivity contribution >= 4 is 17.3 Å². The number of carbonyl (C=O) groups excluding carboxylic acids is 1. The molecule has 28 heavy (non-hydrogen) atoms. The van der Waals surface area contributed by atoms with Crippen molar-refractivity contribution < 1.29 is 19.0 Å². The number of ether oxygens (including phenoxy) is 3. The molecule has 1 fully saturated rings. The molecule has 158 valence electrons. The molecule has 0 saturated carbocycles. The summed E-state index contributed by atoms with van der Waals surface area (Å²) < 4.78 is 17.2. The molecule has 1 N–H and O–H groups in total. The van der Waals surface area contributed by atoms with Gasteiger partial charge in [0.15, 0.2) is 0 Å². The van der Waals surface area contributed by atoms with Gasteiger partial charge in [0.1, 0.15) is 11.5 Å². The van der Waals surface area contributed by atoms with Crippen molar-refractivity contribution in [1.29, 1.82) is 0 Å². The molecule has 0 unspecified atom stereocenters. The van der Waals surface area contributed by atoms with E-state index in [1.807, 2.05) is 37.9 Å². The number of benzene rings is 1. The summed E-state index contributed by atoms with van der Waals surface area (Å²) in [5.41, 5.74) is 1.63. The molecule has 1 saturated heterocycles. The monoisotopic (exact) mass is 393 g/mol. The highest BCUT2D eigenvalue weighted by molar-refractivity contribution is 5.94. The molecule has 1 heterocycles. The number of morpholine rings is 1. The largest absolute Gasteiger partial charge is 0.492 e. The Kier molecular flexibility index (Phi) is 9.37. The van der Waals surface area contributed by atoms with Crippen molar-refractivity contribution in [2.75, 3.05) is 69.9 Å². The van der Waals surface area contributed by atoms with E-state index in [4.69, 9.17) is 14.2 Å². The van der Waals surface area contributed by atoms with E-state index in [1.165, 1.54) is 0 Å². The van der Waals surface area contributed by atoms with Gasteiger partial charge < -0.3 is 24.4 Å². The minimum absolute atomic E-state index is 0.0545. The summed E-state index contributed by atoms with van der Waals surface area (Å²) in [6, 6.07) is 3.85. The highest BCUT2D eigenvalue weighted by Gasteiger charge is 2.20. The second kappa shape index (κ2) is 11.8. The van der Waals surface area contributed by atoms with Crippen molar-refractivity contribution in [3.63, 3.8) is 0 Å². The van der Waals surface area contributed by atoms with E-state index in [9.17, 15) is 4.79 Å². The summed E-state index contributed by atoms with van der Waals surface area (Å²) in [6.07, 6.45) is 2.19. The molecule has 7 heteroatoms. The van der Waals surface area contributed by atoms with Crippen LogP contribution >= 0.6 is 0 Å². The Balaban J connectivity index is 2.21. The number of unbranched alkanes of at least 4 members (excludes halogenated alkanes) is 1. The molecule has 1 aromatic rings. The van der Waals surface area contributed by atoms with Crippen LogP contribution in [0.25, 0.3) is 0 Å². The minimum Gasteiger partial charge on any atom is -0.492 e. The number of hydrogen-bond donors (Lipinski definition) is 1. The summed E-state index contributed by atoms with van der Waals surface area (Å²) in [7, 11) is 1.96. The van der Waals surface area contributed by atoms with Gasteiger partial charge in [-0.2, -0.15) is 0 Å². The molecule has 0 spiro atoms. The fraction of sp³-hybridized carbons (Fsp3) is 0.667. The Labute approximate surface area is 168 Å². The molecule has 0 bridgehead atoms. The van der Waals surface area contributed by atoms with Crippen LogP contribution in [0.5, 0.6) is 11.5 Å². The zero-order valence-corrected chi connectivity index (χ0v) is 17.8. The SMILES string of the molecule is CCCCN(C)CC(=O)Nc1cc(OCC)c(N2CCOCC2)cc1OCC. The molecule has 7 nitrogen and oxygen atoms in total. The highest BCUT2D eigenvalue weighted by atomic mass is 16.5. The number of anilines is 2. The topological polar surface area (TPSA) is 63.3 Å². The van der Waals surface area contributed by atoms with Gasteiger partial charge in [-0.25, -0.2) is 0 Å². The third-order valence-corrected chi connectivity index (χ3v) is 4.59. The van der Waals surface area contributed by atoms with Gasteiger partial charge in [-0.15, -0.1) is 0 Å². The smallest absolute Gasteiger partial charge is 0.238 e. The maximum atomic E-state index is 12.5. The van der Waals surface area contributed by atoms with Gasteiger partial charge in [-0.3, -0.25) is 9.69 Å². The molecular weight excluding hydrogens is 358 g/mol. The van der Waals surface area contributed by atoms with Crippen LogP contribution in [0.4, 0.5) is 11.4 Å². The van der Waals surface area contributed by atoms with Crippen molar-refractivity contribution in [1.82, 2.24) is 4.90 Å². The molecule has 0 aliphatic carbocycles. The highest BCUT2D eigenvalue weighted by Crippen LogP contribution is 2.39. The van der Waals surface area contributed by atoms with Crippen LogP contribution in [0.2, 0.25) is 0 Å². The Morgan fingerprint density at radius 3 is 2.46 bits per heavy atom. The molecular formula is C21H35N3O4. The first-order valence-corrected chi connectivity index (χ1v) is 10.3. The van der Waals surface area contributed by atoms with Gasteiger partial charge in [0.05, 0.1) is 44.3 Å². The fourth-order valence-corrected chi connectivity index (χ4v) is 3.19. The van der Waals surface area contributed by atoms with Crippen LogP contribution in [0.15, 0.2) is 12.1 Å². The standard InChI is InChI=1S/C21H35N3O4/c1-5-8-9-23(4)16-21(25)22-17-14-20(28-7-3)18(15-19(17)27-6-2)24-10-12-26-13-11-24/h14-15H,5-13,16H2,1-4H3,(H,22,25). The molecule has 0 atom stereocenters. The van der Waals surface area contributed by atoms with Gasteiger partial charge in [-0.1, -0.05) is 13.3 Å². The van der Waals surface area contributed by atoms with Crippen molar-refractivity contribution in [3.05, 3.63) is 12.1 Å².